The summed E-state index contributed by atoms with van der Waals surface area (Å²) >= 11 is 1.84. The molecular formula is C13H16O2S. The van der Waals surface area contributed by atoms with Crippen LogP contribution in [0, 0.1) is 0 Å². The Balaban J connectivity index is 2.10. The highest BCUT2D eigenvalue weighted by atomic mass is 32.2. The maximum atomic E-state index is 10.8. The fourth-order valence-corrected chi connectivity index (χ4v) is 3.95. The number of benzene rings is 1. The Labute approximate surface area is 100 Å². The van der Waals surface area contributed by atoms with Crippen molar-refractivity contribution in [2.24, 2.45) is 0 Å². The van der Waals surface area contributed by atoms with Gasteiger partial charge in [0.05, 0.1) is 6.61 Å². The average molecular weight is 236 g/mol. The van der Waals surface area contributed by atoms with Gasteiger partial charge >= 0.3 is 0 Å². The molecule has 0 spiro atoms. The van der Waals surface area contributed by atoms with E-state index in [9.17, 15) is 5.11 Å². The summed E-state index contributed by atoms with van der Waals surface area (Å²) in [6.45, 7) is 2.86. The second-order valence-corrected chi connectivity index (χ2v) is 6.03. The molecule has 2 aliphatic rings. The van der Waals surface area contributed by atoms with Crippen LogP contribution in [0.3, 0.4) is 0 Å². The van der Waals surface area contributed by atoms with E-state index in [0.717, 1.165) is 36.5 Å². The van der Waals surface area contributed by atoms with E-state index in [4.69, 9.17) is 4.74 Å². The van der Waals surface area contributed by atoms with Crippen LogP contribution in [0.4, 0.5) is 0 Å². The molecule has 3 heteroatoms. The van der Waals surface area contributed by atoms with Gasteiger partial charge in [-0.25, -0.2) is 0 Å². The molecule has 86 valence electrons. The third-order valence-electron chi connectivity index (χ3n) is 3.70. The van der Waals surface area contributed by atoms with E-state index in [1.807, 2.05) is 23.9 Å². The van der Waals surface area contributed by atoms with Gasteiger partial charge in [-0.15, -0.1) is 0 Å². The minimum atomic E-state index is -0.694. The van der Waals surface area contributed by atoms with Crippen molar-refractivity contribution >= 4 is 11.8 Å². The van der Waals surface area contributed by atoms with Gasteiger partial charge in [-0.1, -0.05) is 25.1 Å². The van der Waals surface area contributed by atoms with Crippen LogP contribution in [0.15, 0.2) is 18.2 Å². The van der Waals surface area contributed by atoms with E-state index in [2.05, 4.69) is 13.0 Å². The topological polar surface area (TPSA) is 29.5 Å². The summed E-state index contributed by atoms with van der Waals surface area (Å²) in [6, 6.07) is 6.16. The maximum Gasteiger partial charge on any atom is 0.128 e. The van der Waals surface area contributed by atoms with Gasteiger partial charge in [0.25, 0.3) is 0 Å². The molecule has 1 N–H and O–H groups in total. The first-order chi connectivity index (χ1) is 7.72. The van der Waals surface area contributed by atoms with E-state index in [1.165, 1.54) is 5.56 Å². The summed E-state index contributed by atoms with van der Waals surface area (Å²) in [7, 11) is 0. The second kappa shape index (κ2) is 3.67. The molecule has 3 rings (SSSR count). The fraction of sp³-hybridized carbons (Fsp3) is 0.538. The Morgan fingerprint density at radius 1 is 1.50 bits per heavy atom. The molecule has 16 heavy (non-hydrogen) atoms. The van der Waals surface area contributed by atoms with Crippen molar-refractivity contribution < 1.29 is 9.84 Å². The summed E-state index contributed by atoms with van der Waals surface area (Å²) in [6.07, 6.45) is 1.80. The SMILES string of the molecule is CC1SCCC1(O)c1cccc2c1OCC2. The van der Waals surface area contributed by atoms with Gasteiger partial charge in [0.2, 0.25) is 0 Å². The van der Waals surface area contributed by atoms with Crippen molar-refractivity contribution in [3.63, 3.8) is 0 Å². The largest absolute Gasteiger partial charge is 0.493 e. The monoisotopic (exact) mass is 236 g/mol. The Morgan fingerprint density at radius 2 is 2.38 bits per heavy atom. The molecule has 0 amide bonds. The Hall–Kier alpha value is -0.670. The number of ether oxygens (including phenoxy) is 1. The second-order valence-electron chi connectivity index (χ2n) is 4.58. The molecule has 1 aromatic carbocycles. The van der Waals surface area contributed by atoms with Gasteiger partial charge in [-0.3, -0.25) is 0 Å². The number of thioether (sulfide) groups is 1. The highest BCUT2D eigenvalue weighted by Crippen LogP contribution is 2.47. The quantitative estimate of drug-likeness (QED) is 0.811. The van der Waals surface area contributed by atoms with Crippen LogP contribution in [0.5, 0.6) is 5.75 Å². The zero-order valence-corrected chi connectivity index (χ0v) is 10.2. The molecule has 1 saturated heterocycles. The molecule has 0 bridgehead atoms. The summed E-state index contributed by atoms with van der Waals surface area (Å²) in [5, 5.41) is 11.0. The van der Waals surface area contributed by atoms with Crippen LogP contribution in [-0.2, 0) is 12.0 Å². The first kappa shape index (κ1) is 10.5. The molecule has 0 radical (unpaired) electrons. The van der Waals surface area contributed by atoms with E-state index in [1.54, 1.807) is 0 Å². The van der Waals surface area contributed by atoms with Crippen LogP contribution < -0.4 is 4.74 Å². The molecule has 1 aromatic rings. The fourth-order valence-electron chi connectivity index (χ4n) is 2.64. The standard InChI is InChI=1S/C13H16O2S/c1-9-13(14,6-8-16-9)11-4-2-3-10-5-7-15-12(10)11/h2-4,9,14H,5-8H2,1H3. The van der Waals surface area contributed by atoms with Crippen molar-refractivity contribution in [3.05, 3.63) is 29.3 Å². The number of para-hydroxylation sites is 1. The van der Waals surface area contributed by atoms with E-state index >= 15 is 0 Å². The number of hydrogen-bond acceptors (Lipinski definition) is 3. The summed E-state index contributed by atoms with van der Waals surface area (Å²) in [5.41, 5.74) is 1.55. The number of aliphatic hydroxyl groups is 1. The van der Waals surface area contributed by atoms with Crippen molar-refractivity contribution in [2.75, 3.05) is 12.4 Å². The average Bonchev–Trinajstić information content (AvgIpc) is 2.86. The molecule has 2 aliphatic heterocycles. The van der Waals surface area contributed by atoms with Crippen molar-refractivity contribution in [1.29, 1.82) is 0 Å². The minimum absolute atomic E-state index is 0.253. The summed E-state index contributed by atoms with van der Waals surface area (Å²) in [5.74, 6) is 1.97. The summed E-state index contributed by atoms with van der Waals surface area (Å²) in [4.78, 5) is 0. The number of hydrogen-bond donors (Lipinski definition) is 1. The van der Waals surface area contributed by atoms with E-state index in [0.29, 0.717) is 0 Å². The Morgan fingerprint density at radius 3 is 3.12 bits per heavy atom. The van der Waals surface area contributed by atoms with Crippen molar-refractivity contribution in [1.82, 2.24) is 0 Å². The third-order valence-corrected chi connectivity index (χ3v) is 5.03. The predicted octanol–water partition coefficient (Wildman–Crippen LogP) is 2.33. The lowest BCUT2D eigenvalue weighted by molar-refractivity contribution is 0.0401. The lowest BCUT2D eigenvalue weighted by atomic mass is 9.87. The molecular weight excluding hydrogens is 220 g/mol. The number of rotatable bonds is 1. The van der Waals surface area contributed by atoms with Gasteiger partial charge in [-0.05, 0) is 17.7 Å². The van der Waals surface area contributed by atoms with Crippen molar-refractivity contribution in [2.45, 2.75) is 30.6 Å². The predicted molar refractivity (Wildman–Crippen MR) is 66.1 cm³/mol. The molecule has 0 aliphatic carbocycles. The van der Waals surface area contributed by atoms with Crippen LogP contribution in [-0.4, -0.2) is 22.7 Å². The van der Waals surface area contributed by atoms with Crippen LogP contribution in [0.2, 0.25) is 0 Å². The highest BCUT2D eigenvalue weighted by Gasteiger charge is 2.43. The maximum absolute atomic E-state index is 10.8. The zero-order chi connectivity index (χ0) is 11.2. The number of fused-ring (bicyclic) bond motifs is 1. The summed E-state index contributed by atoms with van der Waals surface area (Å²) < 4.78 is 5.69. The zero-order valence-electron chi connectivity index (χ0n) is 9.40. The van der Waals surface area contributed by atoms with Crippen LogP contribution in [0.1, 0.15) is 24.5 Å². The Kier molecular flexibility index (Phi) is 2.41. The van der Waals surface area contributed by atoms with E-state index < -0.39 is 5.60 Å². The van der Waals surface area contributed by atoms with Gasteiger partial charge in [0, 0.05) is 17.2 Å². The molecule has 2 atom stereocenters. The van der Waals surface area contributed by atoms with Crippen LogP contribution in [0.25, 0.3) is 0 Å². The molecule has 0 aromatic heterocycles. The van der Waals surface area contributed by atoms with Gasteiger partial charge in [0.15, 0.2) is 0 Å². The molecule has 2 heterocycles. The smallest absolute Gasteiger partial charge is 0.128 e. The van der Waals surface area contributed by atoms with Crippen LogP contribution >= 0.6 is 11.8 Å². The molecule has 2 unspecified atom stereocenters. The lowest BCUT2D eigenvalue weighted by Gasteiger charge is -2.28. The molecule has 1 fully saturated rings. The first-order valence-electron chi connectivity index (χ1n) is 5.81. The molecule has 0 saturated carbocycles. The van der Waals surface area contributed by atoms with Gasteiger partial charge in [-0.2, -0.15) is 11.8 Å². The highest BCUT2D eigenvalue weighted by molar-refractivity contribution is 8.00. The van der Waals surface area contributed by atoms with Gasteiger partial charge < -0.3 is 9.84 Å². The normalized spacial score (nSPS) is 32.5. The van der Waals surface area contributed by atoms with E-state index in [-0.39, 0.29) is 5.25 Å². The third kappa shape index (κ3) is 1.38. The van der Waals surface area contributed by atoms with Crippen molar-refractivity contribution in [3.8, 4) is 5.75 Å². The molecule has 2 nitrogen and oxygen atoms in total. The Bertz CT molecular complexity index is 418. The lowest BCUT2D eigenvalue weighted by Crippen LogP contribution is -2.31. The van der Waals surface area contributed by atoms with Gasteiger partial charge in [0.1, 0.15) is 11.4 Å². The first-order valence-corrected chi connectivity index (χ1v) is 6.86. The minimum Gasteiger partial charge on any atom is -0.493 e.